The molecule has 1 aromatic carbocycles. The van der Waals surface area contributed by atoms with Crippen LogP contribution in [0.2, 0.25) is 0 Å². The number of nitrogens with two attached hydrogens (primary N) is 1. The second-order valence-electron chi connectivity index (χ2n) is 4.94. The Morgan fingerprint density at radius 3 is 2.84 bits per heavy atom. The second kappa shape index (κ2) is 5.50. The van der Waals surface area contributed by atoms with Crippen molar-refractivity contribution in [1.29, 1.82) is 0 Å². The van der Waals surface area contributed by atoms with Gasteiger partial charge in [0.25, 0.3) is 0 Å². The maximum Gasteiger partial charge on any atom is 0.147 e. The summed E-state index contributed by atoms with van der Waals surface area (Å²) >= 11 is 0. The van der Waals surface area contributed by atoms with E-state index in [1.165, 1.54) is 11.1 Å². The van der Waals surface area contributed by atoms with E-state index in [2.05, 4.69) is 43.9 Å². The predicted molar refractivity (Wildman–Crippen MR) is 73.3 cm³/mol. The van der Waals surface area contributed by atoms with E-state index in [0.717, 1.165) is 38.4 Å². The summed E-state index contributed by atoms with van der Waals surface area (Å²) in [5.74, 6) is 1.07. The molecule has 1 aliphatic heterocycles. The molecule has 2 N–H and O–H groups in total. The van der Waals surface area contributed by atoms with Gasteiger partial charge in [0.1, 0.15) is 12.2 Å². The Labute approximate surface area is 113 Å². The molecule has 0 saturated carbocycles. The molecule has 0 aliphatic carbocycles. The second-order valence-corrected chi connectivity index (χ2v) is 4.94. The third-order valence-electron chi connectivity index (χ3n) is 3.75. The summed E-state index contributed by atoms with van der Waals surface area (Å²) in [7, 11) is 0. The SMILES string of the molecule is NCc1ccccc1CCN1CCn2cnnc2C1. The van der Waals surface area contributed by atoms with Gasteiger partial charge >= 0.3 is 0 Å². The van der Waals surface area contributed by atoms with Gasteiger partial charge in [0.05, 0.1) is 6.54 Å². The summed E-state index contributed by atoms with van der Waals surface area (Å²) in [4.78, 5) is 2.43. The molecule has 0 atom stereocenters. The molecule has 100 valence electrons. The number of hydrogen-bond donors (Lipinski definition) is 1. The van der Waals surface area contributed by atoms with E-state index in [9.17, 15) is 0 Å². The summed E-state index contributed by atoms with van der Waals surface area (Å²) in [6, 6.07) is 8.42. The van der Waals surface area contributed by atoms with E-state index >= 15 is 0 Å². The van der Waals surface area contributed by atoms with Crippen molar-refractivity contribution in [1.82, 2.24) is 19.7 Å². The zero-order valence-corrected chi connectivity index (χ0v) is 11.0. The van der Waals surface area contributed by atoms with Crippen molar-refractivity contribution < 1.29 is 0 Å². The van der Waals surface area contributed by atoms with Crippen molar-refractivity contribution in [3.05, 3.63) is 47.5 Å². The van der Waals surface area contributed by atoms with Gasteiger partial charge in [0.2, 0.25) is 0 Å². The third kappa shape index (κ3) is 2.67. The molecule has 1 aliphatic rings. The van der Waals surface area contributed by atoms with E-state index in [0.29, 0.717) is 6.54 Å². The molecule has 0 amide bonds. The summed E-state index contributed by atoms with van der Waals surface area (Å²) in [6.07, 6.45) is 2.86. The minimum absolute atomic E-state index is 0.616. The normalized spacial score (nSPS) is 15.4. The monoisotopic (exact) mass is 257 g/mol. The highest BCUT2D eigenvalue weighted by atomic mass is 15.3. The van der Waals surface area contributed by atoms with E-state index in [-0.39, 0.29) is 0 Å². The molecule has 19 heavy (non-hydrogen) atoms. The number of fused-ring (bicyclic) bond motifs is 1. The van der Waals surface area contributed by atoms with Gasteiger partial charge in [-0.15, -0.1) is 10.2 Å². The molecule has 0 unspecified atom stereocenters. The Balaban J connectivity index is 1.61. The molecule has 2 heterocycles. The summed E-state index contributed by atoms with van der Waals surface area (Å²) in [5, 5.41) is 8.10. The van der Waals surface area contributed by atoms with Crippen LogP contribution >= 0.6 is 0 Å². The molecule has 0 fully saturated rings. The van der Waals surface area contributed by atoms with Gasteiger partial charge in [-0.05, 0) is 17.5 Å². The molecule has 3 rings (SSSR count). The standard InChI is InChI=1S/C14H19N5/c15-9-13-4-2-1-3-12(13)5-6-18-7-8-19-11-16-17-14(19)10-18/h1-4,11H,5-10,15H2. The molecule has 1 aromatic heterocycles. The van der Waals surface area contributed by atoms with Gasteiger partial charge in [-0.3, -0.25) is 4.90 Å². The van der Waals surface area contributed by atoms with Crippen LogP contribution in [0.5, 0.6) is 0 Å². The average Bonchev–Trinajstić information content (AvgIpc) is 2.93. The largest absolute Gasteiger partial charge is 0.326 e. The van der Waals surface area contributed by atoms with Crippen molar-refractivity contribution in [2.24, 2.45) is 5.73 Å². The topological polar surface area (TPSA) is 60.0 Å². The maximum absolute atomic E-state index is 5.77. The first-order valence-corrected chi connectivity index (χ1v) is 6.72. The zero-order valence-electron chi connectivity index (χ0n) is 11.0. The molecule has 0 saturated heterocycles. The van der Waals surface area contributed by atoms with Gasteiger partial charge in [-0.25, -0.2) is 0 Å². The van der Waals surface area contributed by atoms with Crippen molar-refractivity contribution in [2.75, 3.05) is 13.1 Å². The maximum atomic E-state index is 5.77. The quantitative estimate of drug-likeness (QED) is 0.880. The Bertz CT molecular complexity index is 548. The third-order valence-corrected chi connectivity index (χ3v) is 3.75. The van der Waals surface area contributed by atoms with Gasteiger partial charge in [0.15, 0.2) is 0 Å². The lowest BCUT2D eigenvalue weighted by Gasteiger charge is -2.27. The van der Waals surface area contributed by atoms with Gasteiger partial charge in [-0.2, -0.15) is 0 Å². The van der Waals surface area contributed by atoms with Crippen LogP contribution in [0.25, 0.3) is 0 Å². The molecule has 2 aromatic rings. The van der Waals surface area contributed by atoms with Gasteiger partial charge in [-0.1, -0.05) is 24.3 Å². The van der Waals surface area contributed by atoms with E-state index in [1.54, 1.807) is 0 Å². The number of benzene rings is 1. The highest BCUT2D eigenvalue weighted by molar-refractivity contribution is 5.27. The Kier molecular flexibility index (Phi) is 3.57. The Hall–Kier alpha value is -1.72. The van der Waals surface area contributed by atoms with Crippen molar-refractivity contribution in [3.63, 3.8) is 0 Å². The summed E-state index contributed by atoms with van der Waals surface area (Å²) < 4.78 is 2.13. The van der Waals surface area contributed by atoms with Crippen molar-refractivity contribution >= 4 is 0 Å². The minimum Gasteiger partial charge on any atom is -0.326 e. The Morgan fingerprint density at radius 2 is 2.00 bits per heavy atom. The van der Waals surface area contributed by atoms with Crippen LogP contribution in [-0.2, 0) is 26.1 Å². The van der Waals surface area contributed by atoms with Crippen LogP contribution in [-0.4, -0.2) is 32.8 Å². The lowest BCUT2D eigenvalue weighted by molar-refractivity contribution is 0.219. The fraction of sp³-hybridized carbons (Fsp3) is 0.429. The van der Waals surface area contributed by atoms with Gasteiger partial charge in [0, 0.05) is 26.2 Å². The average molecular weight is 257 g/mol. The predicted octanol–water partition coefficient (Wildman–Crippen LogP) is 0.795. The molecule has 0 radical (unpaired) electrons. The zero-order chi connectivity index (χ0) is 13.1. The highest BCUT2D eigenvalue weighted by Crippen LogP contribution is 2.13. The molecule has 5 heteroatoms. The highest BCUT2D eigenvalue weighted by Gasteiger charge is 2.17. The smallest absolute Gasteiger partial charge is 0.147 e. The number of aromatic nitrogens is 3. The van der Waals surface area contributed by atoms with E-state index < -0.39 is 0 Å². The number of hydrogen-bond acceptors (Lipinski definition) is 4. The number of nitrogens with zero attached hydrogens (tertiary/aromatic N) is 4. The lowest BCUT2D eigenvalue weighted by atomic mass is 10.0. The summed E-state index contributed by atoms with van der Waals surface area (Å²) in [5.41, 5.74) is 8.38. The van der Waals surface area contributed by atoms with Gasteiger partial charge < -0.3 is 10.3 Å². The molecular weight excluding hydrogens is 238 g/mol. The fourth-order valence-electron chi connectivity index (χ4n) is 2.59. The molecule has 0 spiro atoms. The molecule has 0 bridgehead atoms. The van der Waals surface area contributed by atoms with Crippen LogP contribution in [0, 0.1) is 0 Å². The van der Waals surface area contributed by atoms with Crippen molar-refractivity contribution in [2.45, 2.75) is 26.1 Å². The summed E-state index contributed by atoms with van der Waals surface area (Å²) in [6.45, 7) is 4.61. The van der Waals surface area contributed by atoms with Crippen LogP contribution in [0.4, 0.5) is 0 Å². The first-order valence-electron chi connectivity index (χ1n) is 6.72. The minimum atomic E-state index is 0.616. The van der Waals surface area contributed by atoms with Crippen molar-refractivity contribution in [3.8, 4) is 0 Å². The van der Waals surface area contributed by atoms with Crippen LogP contribution in [0.1, 0.15) is 17.0 Å². The van der Waals surface area contributed by atoms with Crippen LogP contribution in [0.3, 0.4) is 0 Å². The first-order chi connectivity index (χ1) is 9.36. The molecular formula is C14H19N5. The first kappa shape index (κ1) is 12.3. The van der Waals surface area contributed by atoms with Crippen LogP contribution in [0.15, 0.2) is 30.6 Å². The lowest BCUT2D eigenvalue weighted by Crippen LogP contribution is -2.35. The number of rotatable bonds is 4. The molecule has 5 nitrogen and oxygen atoms in total. The Morgan fingerprint density at radius 1 is 1.16 bits per heavy atom. The van der Waals surface area contributed by atoms with E-state index in [4.69, 9.17) is 5.73 Å². The van der Waals surface area contributed by atoms with E-state index in [1.807, 2.05) is 6.33 Å². The fourth-order valence-corrected chi connectivity index (χ4v) is 2.59. The van der Waals surface area contributed by atoms with Crippen LogP contribution < -0.4 is 5.73 Å².